The molecule has 5 rings (SSSR count). The fraction of sp³-hybridized carbons (Fsp3) is 0.111. The number of ether oxygens (including phenoxy) is 1. The molecule has 1 N–H and O–H groups in total. The predicted molar refractivity (Wildman–Crippen MR) is 137 cm³/mol. The maximum atomic E-state index is 9.54. The van der Waals surface area contributed by atoms with Crippen LogP contribution in [0.4, 0.5) is 0 Å². The van der Waals surface area contributed by atoms with Crippen LogP contribution in [0.15, 0.2) is 91.0 Å². The summed E-state index contributed by atoms with van der Waals surface area (Å²) >= 11 is 5.66. The molecule has 168 valence electrons. The van der Waals surface area contributed by atoms with Gasteiger partial charge in [-0.05, 0) is 48.9 Å². The first-order valence-electron chi connectivity index (χ1n) is 10.3. The van der Waals surface area contributed by atoms with Crippen LogP contribution in [0.3, 0.4) is 0 Å². The Balaban J connectivity index is 0.000000202. The van der Waals surface area contributed by atoms with Crippen LogP contribution in [-0.2, 0) is 12.5 Å². The molecular formula is C27H24Cl2N2O2. The summed E-state index contributed by atoms with van der Waals surface area (Å²) in [5, 5.41) is 11.8. The second-order valence-electron chi connectivity index (χ2n) is 7.42. The molecule has 0 amide bonds. The fourth-order valence-corrected chi connectivity index (χ4v) is 3.49. The van der Waals surface area contributed by atoms with Gasteiger partial charge >= 0.3 is 0 Å². The monoisotopic (exact) mass is 478 g/mol. The first-order valence-corrected chi connectivity index (χ1v) is 10.8. The average molecular weight is 479 g/mol. The number of aromatic hydroxyl groups is 1. The summed E-state index contributed by atoms with van der Waals surface area (Å²) in [7, 11) is 0. The van der Waals surface area contributed by atoms with Crippen LogP contribution in [0.25, 0.3) is 21.8 Å². The van der Waals surface area contributed by atoms with Gasteiger partial charge < -0.3 is 9.84 Å². The van der Waals surface area contributed by atoms with Gasteiger partial charge in [0.15, 0.2) is 0 Å². The largest absolute Gasteiger partial charge is 0.508 e. The quantitative estimate of drug-likeness (QED) is 0.277. The van der Waals surface area contributed by atoms with Crippen molar-refractivity contribution < 1.29 is 9.84 Å². The lowest BCUT2D eigenvalue weighted by Gasteiger charge is -2.08. The molecule has 0 fully saturated rings. The summed E-state index contributed by atoms with van der Waals surface area (Å²) in [6.07, 6.45) is 0. The first-order chi connectivity index (χ1) is 15.6. The van der Waals surface area contributed by atoms with Crippen molar-refractivity contribution >= 4 is 45.8 Å². The highest BCUT2D eigenvalue weighted by molar-refractivity contribution is 6.16. The van der Waals surface area contributed by atoms with Crippen molar-refractivity contribution in [2.75, 3.05) is 0 Å². The number of alkyl halides is 1. The highest BCUT2D eigenvalue weighted by Gasteiger charge is 2.02. The minimum absolute atomic E-state index is 0. The van der Waals surface area contributed by atoms with Crippen LogP contribution in [0.2, 0.25) is 0 Å². The summed E-state index contributed by atoms with van der Waals surface area (Å²) in [5.41, 5.74) is 4.72. The lowest BCUT2D eigenvalue weighted by Crippen LogP contribution is -1.98. The van der Waals surface area contributed by atoms with Crippen molar-refractivity contribution in [2.24, 2.45) is 0 Å². The molecule has 0 saturated heterocycles. The molecule has 0 spiro atoms. The van der Waals surface area contributed by atoms with Crippen molar-refractivity contribution in [3.05, 3.63) is 108 Å². The lowest BCUT2D eigenvalue weighted by atomic mass is 10.2. The molecule has 5 aromatic rings. The molecule has 6 heteroatoms. The maximum absolute atomic E-state index is 9.54. The molecule has 0 aliphatic rings. The molecule has 2 aromatic heterocycles. The molecule has 0 radical (unpaired) electrons. The van der Waals surface area contributed by atoms with Gasteiger partial charge in [-0.25, -0.2) is 4.98 Å². The third-order valence-corrected chi connectivity index (χ3v) is 5.15. The van der Waals surface area contributed by atoms with E-state index in [1.54, 1.807) is 12.1 Å². The van der Waals surface area contributed by atoms with Gasteiger partial charge in [0.1, 0.15) is 18.1 Å². The molecule has 0 atom stereocenters. The lowest BCUT2D eigenvalue weighted by molar-refractivity contribution is 0.300. The van der Waals surface area contributed by atoms with Crippen LogP contribution < -0.4 is 4.74 Å². The normalized spacial score (nSPS) is 10.2. The Morgan fingerprint density at radius 2 is 1.33 bits per heavy atom. The molecule has 0 saturated carbocycles. The number of aryl methyl sites for hydroxylation is 1. The van der Waals surface area contributed by atoms with Gasteiger partial charge in [-0.3, -0.25) is 4.98 Å². The van der Waals surface area contributed by atoms with Gasteiger partial charge in [0.25, 0.3) is 0 Å². The number of aromatic nitrogens is 2. The number of phenolic OH excluding ortho intramolecular Hbond substituents is 1. The number of nitrogens with zero attached hydrogens (tertiary/aromatic N) is 2. The van der Waals surface area contributed by atoms with Gasteiger partial charge in [-0.15, -0.1) is 24.0 Å². The Kier molecular flexibility index (Phi) is 8.47. The zero-order valence-corrected chi connectivity index (χ0v) is 19.7. The van der Waals surface area contributed by atoms with E-state index in [4.69, 9.17) is 16.3 Å². The standard InChI is InChI=1S/C17H15NO2.C10H8ClN.ClH/c1-12-8-15(19)10-16(9-12)20-11-14-7-6-13-4-2-3-5-17(13)18-14;11-7-9-6-5-8-3-1-2-4-10(8)12-9;/h2-10,19H,11H2,1H3;1-6H,7H2;1H. The number of para-hydroxylation sites is 2. The van der Waals surface area contributed by atoms with Crippen molar-refractivity contribution in [3.8, 4) is 11.5 Å². The molecule has 3 aromatic carbocycles. The minimum Gasteiger partial charge on any atom is -0.508 e. The third kappa shape index (κ3) is 6.58. The second kappa shape index (κ2) is 11.5. The summed E-state index contributed by atoms with van der Waals surface area (Å²) in [6, 6.07) is 29.2. The number of rotatable bonds is 4. The van der Waals surface area contributed by atoms with E-state index >= 15 is 0 Å². The topological polar surface area (TPSA) is 55.2 Å². The van der Waals surface area contributed by atoms with Crippen LogP contribution in [0, 0.1) is 6.92 Å². The molecule has 2 heterocycles. The van der Waals surface area contributed by atoms with E-state index in [1.165, 1.54) is 0 Å². The number of pyridine rings is 2. The maximum Gasteiger partial charge on any atom is 0.130 e. The van der Waals surface area contributed by atoms with Crippen LogP contribution in [-0.4, -0.2) is 15.1 Å². The highest BCUT2D eigenvalue weighted by Crippen LogP contribution is 2.22. The van der Waals surface area contributed by atoms with Crippen molar-refractivity contribution in [1.82, 2.24) is 9.97 Å². The summed E-state index contributed by atoms with van der Waals surface area (Å²) in [6.45, 7) is 2.30. The number of phenols is 1. The molecule has 0 aliphatic carbocycles. The smallest absolute Gasteiger partial charge is 0.130 e. The molecular weight excluding hydrogens is 455 g/mol. The van der Waals surface area contributed by atoms with E-state index < -0.39 is 0 Å². The van der Waals surface area contributed by atoms with Gasteiger partial charge in [0.2, 0.25) is 0 Å². The number of fused-ring (bicyclic) bond motifs is 2. The van der Waals surface area contributed by atoms with Crippen LogP contribution in [0.1, 0.15) is 17.0 Å². The van der Waals surface area contributed by atoms with Gasteiger partial charge in [0, 0.05) is 16.8 Å². The summed E-state index contributed by atoms with van der Waals surface area (Å²) in [5.74, 6) is 1.34. The van der Waals surface area contributed by atoms with Crippen LogP contribution in [0.5, 0.6) is 11.5 Å². The summed E-state index contributed by atoms with van der Waals surface area (Å²) < 4.78 is 5.68. The van der Waals surface area contributed by atoms with Crippen molar-refractivity contribution in [2.45, 2.75) is 19.4 Å². The molecule has 33 heavy (non-hydrogen) atoms. The third-order valence-electron chi connectivity index (χ3n) is 4.87. The Hall–Kier alpha value is -3.34. The predicted octanol–water partition coefficient (Wildman–Crippen LogP) is 7.22. The van der Waals surface area contributed by atoms with E-state index in [1.807, 2.05) is 85.8 Å². The zero-order valence-electron chi connectivity index (χ0n) is 18.1. The number of benzene rings is 3. The molecule has 4 nitrogen and oxygen atoms in total. The second-order valence-corrected chi connectivity index (χ2v) is 7.68. The SMILES string of the molecule is Cc1cc(O)cc(OCc2ccc3ccccc3n2)c1.Cl.ClCc1ccc2ccccc2n1. The van der Waals surface area contributed by atoms with E-state index in [0.29, 0.717) is 18.2 Å². The Labute approximate surface area is 204 Å². The Morgan fingerprint density at radius 1 is 0.758 bits per heavy atom. The van der Waals surface area contributed by atoms with Crippen molar-refractivity contribution in [1.29, 1.82) is 0 Å². The van der Waals surface area contributed by atoms with Gasteiger partial charge in [0.05, 0.1) is 28.3 Å². The zero-order chi connectivity index (χ0) is 22.3. The van der Waals surface area contributed by atoms with E-state index in [0.717, 1.165) is 38.8 Å². The minimum atomic E-state index is 0. The molecule has 0 unspecified atom stereocenters. The number of hydrogen-bond donors (Lipinski definition) is 1. The van der Waals surface area contributed by atoms with E-state index in [-0.39, 0.29) is 18.2 Å². The Bertz CT molecular complexity index is 1340. The van der Waals surface area contributed by atoms with Crippen molar-refractivity contribution in [3.63, 3.8) is 0 Å². The number of hydrogen-bond acceptors (Lipinski definition) is 4. The average Bonchev–Trinajstić information content (AvgIpc) is 2.82. The highest BCUT2D eigenvalue weighted by atomic mass is 35.5. The number of halogens is 2. The van der Waals surface area contributed by atoms with E-state index in [2.05, 4.69) is 9.97 Å². The fourth-order valence-electron chi connectivity index (χ4n) is 3.34. The first kappa shape index (κ1) is 24.3. The molecule has 0 aliphatic heterocycles. The summed E-state index contributed by atoms with van der Waals surface area (Å²) in [4.78, 5) is 8.91. The van der Waals surface area contributed by atoms with Crippen LogP contribution >= 0.6 is 24.0 Å². The molecule has 0 bridgehead atoms. The Morgan fingerprint density at radius 3 is 1.94 bits per heavy atom. The van der Waals surface area contributed by atoms with Gasteiger partial charge in [-0.1, -0.05) is 48.5 Å². The van der Waals surface area contributed by atoms with Gasteiger partial charge in [-0.2, -0.15) is 0 Å². The van der Waals surface area contributed by atoms with E-state index in [9.17, 15) is 5.11 Å².